The van der Waals surface area contributed by atoms with Gasteiger partial charge in [-0.3, -0.25) is 4.90 Å². The Labute approximate surface area is 179 Å². The molecule has 0 radical (unpaired) electrons. The van der Waals surface area contributed by atoms with Crippen LogP contribution >= 0.6 is 12.4 Å². The molecule has 0 saturated carbocycles. The average molecular weight is 420 g/mol. The van der Waals surface area contributed by atoms with Gasteiger partial charge in [-0.15, -0.1) is 12.4 Å². The van der Waals surface area contributed by atoms with E-state index in [1.807, 2.05) is 12.1 Å². The Morgan fingerprint density at radius 2 is 1.72 bits per heavy atom. The first kappa shape index (κ1) is 22.8. The Balaban J connectivity index is 0.00000300. The van der Waals surface area contributed by atoms with E-state index >= 15 is 0 Å². The topological polar surface area (TPSA) is 45.3 Å². The van der Waals surface area contributed by atoms with E-state index < -0.39 is 6.09 Å². The van der Waals surface area contributed by atoms with Crippen LogP contribution in [0.3, 0.4) is 0 Å². The van der Waals surface area contributed by atoms with Gasteiger partial charge >= 0.3 is 6.09 Å². The van der Waals surface area contributed by atoms with E-state index in [-0.39, 0.29) is 12.4 Å². The second-order valence-electron chi connectivity index (χ2n) is 7.30. The van der Waals surface area contributed by atoms with E-state index in [1.165, 1.54) is 16.2 Å². The van der Waals surface area contributed by atoms with Crippen molar-refractivity contribution in [1.82, 2.24) is 9.80 Å². The zero-order chi connectivity index (χ0) is 20.1. The fourth-order valence-corrected chi connectivity index (χ4v) is 3.40. The summed E-state index contributed by atoms with van der Waals surface area (Å²) in [4.78, 5) is 18.1. The van der Waals surface area contributed by atoms with Gasteiger partial charge in [0, 0.05) is 52.5 Å². The summed E-state index contributed by atoms with van der Waals surface area (Å²) in [6.07, 6.45) is -0.418. The van der Waals surface area contributed by atoms with E-state index in [2.05, 4.69) is 41.0 Å². The van der Waals surface area contributed by atoms with E-state index in [1.54, 1.807) is 27.3 Å². The van der Waals surface area contributed by atoms with Gasteiger partial charge in [-0.2, -0.15) is 0 Å². The van der Waals surface area contributed by atoms with Gasteiger partial charge in [-0.1, -0.05) is 24.3 Å². The minimum atomic E-state index is -0.418. The van der Waals surface area contributed by atoms with Gasteiger partial charge in [0.25, 0.3) is 0 Å². The molecule has 1 aliphatic rings. The molecule has 6 nitrogen and oxygen atoms in total. The molecule has 1 saturated heterocycles. The van der Waals surface area contributed by atoms with Crippen molar-refractivity contribution in [2.24, 2.45) is 0 Å². The zero-order valence-corrected chi connectivity index (χ0v) is 18.4. The van der Waals surface area contributed by atoms with Crippen LogP contribution in [-0.4, -0.2) is 63.3 Å². The van der Waals surface area contributed by atoms with E-state index in [4.69, 9.17) is 9.47 Å². The minimum absolute atomic E-state index is 0. The molecule has 0 aromatic heterocycles. The molecule has 7 heteroatoms. The lowest BCUT2D eigenvalue weighted by atomic mass is 10.1. The highest BCUT2D eigenvalue weighted by molar-refractivity contribution is 5.85. The maximum Gasteiger partial charge on any atom is 0.414 e. The fraction of sp³-hybridized carbons (Fsp3) is 0.409. The van der Waals surface area contributed by atoms with Gasteiger partial charge < -0.3 is 19.3 Å². The van der Waals surface area contributed by atoms with Crippen molar-refractivity contribution >= 4 is 24.2 Å². The van der Waals surface area contributed by atoms with Crippen LogP contribution in [0.15, 0.2) is 42.5 Å². The van der Waals surface area contributed by atoms with Crippen LogP contribution in [0.1, 0.15) is 11.1 Å². The lowest BCUT2D eigenvalue weighted by molar-refractivity contribution is 0.170. The lowest BCUT2D eigenvalue weighted by Crippen LogP contribution is -2.46. The van der Waals surface area contributed by atoms with Crippen LogP contribution in [0, 0.1) is 6.92 Å². The van der Waals surface area contributed by atoms with Crippen LogP contribution in [0.2, 0.25) is 0 Å². The zero-order valence-electron chi connectivity index (χ0n) is 17.6. The number of anilines is 1. The van der Waals surface area contributed by atoms with E-state index in [9.17, 15) is 4.79 Å². The number of rotatable bonds is 5. The number of para-hydroxylation sites is 1. The number of carbonyl (C=O) groups is 1. The van der Waals surface area contributed by atoms with Gasteiger partial charge in [-0.25, -0.2) is 4.79 Å². The van der Waals surface area contributed by atoms with Crippen molar-refractivity contribution in [3.05, 3.63) is 53.6 Å². The van der Waals surface area contributed by atoms with Crippen LogP contribution < -0.4 is 14.4 Å². The monoisotopic (exact) mass is 419 g/mol. The molecule has 0 N–H and O–H groups in total. The van der Waals surface area contributed by atoms with Crippen LogP contribution in [0.25, 0.3) is 0 Å². The number of halogens is 1. The van der Waals surface area contributed by atoms with E-state index in [0.29, 0.717) is 11.5 Å². The third kappa shape index (κ3) is 5.78. The summed E-state index contributed by atoms with van der Waals surface area (Å²) in [5.41, 5.74) is 3.80. The number of carbonyl (C=O) groups excluding carboxylic acids is 1. The molecule has 0 atom stereocenters. The minimum Gasteiger partial charge on any atom is -0.493 e. The maximum absolute atomic E-state index is 11.8. The van der Waals surface area contributed by atoms with Gasteiger partial charge in [0.1, 0.15) is 0 Å². The number of aryl methyl sites for hydroxylation is 1. The average Bonchev–Trinajstić information content (AvgIpc) is 2.70. The molecule has 1 fully saturated rings. The number of ether oxygens (including phenoxy) is 2. The molecule has 2 aromatic carbocycles. The highest BCUT2D eigenvalue weighted by Gasteiger charge is 2.19. The van der Waals surface area contributed by atoms with Crippen LogP contribution in [0.5, 0.6) is 11.5 Å². The quantitative estimate of drug-likeness (QED) is 0.737. The first-order valence-electron chi connectivity index (χ1n) is 9.57. The van der Waals surface area contributed by atoms with Crippen LogP contribution in [0.4, 0.5) is 10.5 Å². The van der Waals surface area contributed by atoms with Crippen molar-refractivity contribution in [1.29, 1.82) is 0 Å². The van der Waals surface area contributed by atoms with Crippen molar-refractivity contribution in [3.8, 4) is 11.5 Å². The predicted octanol–water partition coefficient (Wildman–Crippen LogP) is 3.81. The summed E-state index contributed by atoms with van der Waals surface area (Å²) in [6.45, 7) is 7.06. The summed E-state index contributed by atoms with van der Waals surface area (Å²) in [5.74, 6) is 1.01. The summed E-state index contributed by atoms with van der Waals surface area (Å²) >= 11 is 0. The van der Waals surface area contributed by atoms with Crippen molar-refractivity contribution < 1.29 is 14.3 Å². The van der Waals surface area contributed by atoms with Gasteiger partial charge in [-0.05, 0) is 36.2 Å². The molecule has 3 rings (SSSR count). The Kier molecular flexibility index (Phi) is 8.17. The molecule has 0 spiro atoms. The third-order valence-electron chi connectivity index (χ3n) is 5.03. The van der Waals surface area contributed by atoms with Gasteiger partial charge in [0.15, 0.2) is 11.5 Å². The molecule has 158 valence electrons. The maximum atomic E-state index is 11.8. The van der Waals surface area contributed by atoms with Gasteiger partial charge in [0.05, 0.1) is 7.11 Å². The molecular formula is C22H30ClN3O3. The first-order valence-corrected chi connectivity index (χ1v) is 9.57. The summed E-state index contributed by atoms with van der Waals surface area (Å²) in [5, 5.41) is 0. The summed E-state index contributed by atoms with van der Waals surface area (Å²) in [6, 6.07) is 14.3. The Morgan fingerprint density at radius 3 is 2.34 bits per heavy atom. The fourth-order valence-electron chi connectivity index (χ4n) is 3.40. The Bertz CT molecular complexity index is 821. The van der Waals surface area contributed by atoms with E-state index in [0.717, 1.165) is 38.3 Å². The molecule has 0 bridgehead atoms. The number of nitrogens with zero attached hydrogens (tertiary/aromatic N) is 3. The Morgan fingerprint density at radius 1 is 1.03 bits per heavy atom. The number of amides is 1. The SMILES string of the molecule is COc1cc(CN2CCN(c3ccccc3C)CC2)ccc1OC(=O)N(C)C.Cl. The van der Waals surface area contributed by atoms with Crippen molar-refractivity contribution in [3.63, 3.8) is 0 Å². The summed E-state index contributed by atoms with van der Waals surface area (Å²) in [7, 11) is 4.90. The third-order valence-corrected chi connectivity index (χ3v) is 5.03. The second-order valence-corrected chi connectivity index (χ2v) is 7.30. The molecule has 0 unspecified atom stereocenters. The van der Waals surface area contributed by atoms with Crippen molar-refractivity contribution in [2.45, 2.75) is 13.5 Å². The normalized spacial score (nSPS) is 14.1. The molecular weight excluding hydrogens is 390 g/mol. The number of methoxy groups -OCH3 is 1. The number of hydrogen-bond acceptors (Lipinski definition) is 5. The molecule has 29 heavy (non-hydrogen) atoms. The number of piperazine rings is 1. The Hall–Kier alpha value is -2.44. The highest BCUT2D eigenvalue weighted by Crippen LogP contribution is 2.29. The van der Waals surface area contributed by atoms with Gasteiger partial charge in [0.2, 0.25) is 0 Å². The predicted molar refractivity (Wildman–Crippen MR) is 119 cm³/mol. The molecule has 1 heterocycles. The van der Waals surface area contributed by atoms with Crippen molar-refractivity contribution in [2.75, 3.05) is 52.3 Å². The lowest BCUT2D eigenvalue weighted by Gasteiger charge is -2.36. The molecule has 2 aromatic rings. The summed E-state index contributed by atoms with van der Waals surface area (Å²) < 4.78 is 10.8. The molecule has 0 aliphatic carbocycles. The largest absolute Gasteiger partial charge is 0.493 e. The standard InChI is InChI=1S/C22H29N3O3.ClH/c1-17-7-5-6-8-19(17)25-13-11-24(12-14-25)16-18-9-10-20(21(15-18)27-4)28-22(26)23(2)3;/h5-10,15H,11-14,16H2,1-4H3;1H. The second kappa shape index (κ2) is 10.4. The molecule has 1 amide bonds. The number of benzene rings is 2. The number of hydrogen-bond donors (Lipinski definition) is 0. The smallest absolute Gasteiger partial charge is 0.414 e. The molecule has 1 aliphatic heterocycles. The first-order chi connectivity index (χ1) is 13.5. The van der Waals surface area contributed by atoms with Crippen LogP contribution in [-0.2, 0) is 6.54 Å². The highest BCUT2D eigenvalue weighted by atomic mass is 35.5.